The molecule has 0 aromatic carbocycles. The van der Waals surface area contributed by atoms with Crippen molar-refractivity contribution < 1.29 is 21.9 Å². The van der Waals surface area contributed by atoms with E-state index in [1.807, 2.05) is 0 Å². The minimum absolute atomic E-state index is 0.0164. The van der Waals surface area contributed by atoms with Crippen molar-refractivity contribution in [1.82, 2.24) is 34.5 Å². The van der Waals surface area contributed by atoms with Gasteiger partial charge in [0.25, 0.3) is 5.56 Å². The number of rotatable bonds is 10. The van der Waals surface area contributed by atoms with Crippen molar-refractivity contribution in [2.45, 2.75) is 54.0 Å². The first-order valence-corrected chi connectivity index (χ1v) is 15.3. The van der Waals surface area contributed by atoms with Crippen LogP contribution in [-0.2, 0) is 16.4 Å². The molecule has 1 N–H and O–H groups in total. The number of pyridine rings is 1. The van der Waals surface area contributed by atoms with Gasteiger partial charge in [-0.1, -0.05) is 6.92 Å². The first-order valence-electron chi connectivity index (χ1n) is 12.6. The lowest BCUT2D eigenvalue weighted by Gasteiger charge is -2.22. The van der Waals surface area contributed by atoms with Crippen LogP contribution in [0.4, 0.5) is 14.6 Å². The number of ether oxygens (including phenoxy) is 1. The van der Waals surface area contributed by atoms with Crippen LogP contribution in [0.2, 0.25) is 0 Å². The first-order chi connectivity index (χ1) is 19.4. The summed E-state index contributed by atoms with van der Waals surface area (Å²) in [6, 6.07) is 1.32. The van der Waals surface area contributed by atoms with Gasteiger partial charge in [0.1, 0.15) is 23.4 Å². The third kappa shape index (κ3) is 5.84. The largest absolute Gasteiger partial charge is 0.480 e. The summed E-state index contributed by atoms with van der Waals surface area (Å²) in [5, 5.41) is 2.84. The Hall–Kier alpha value is -3.41. The zero-order valence-electron chi connectivity index (χ0n) is 22.2. The molecule has 4 heterocycles. The van der Waals surface area contributed by atoms with E-state index in [0.29, 0.717) is 17.0 Å². The molecule has 1 saturated carbocycles. The second-order valence-electron chi connectivity index (χ2n) is 9.42. The molecular weight excluding hydrogens is 673 g/mol. The molecule has 0 amide bonds. The fraction of sp³-hybridized carbons (Fsp3) is 0.400. The number of hydrogen-bond acceptors (Lipinski definition) is 11. The number of fused-ring (bicyclic) bond motifs is 1. The summed E-state index contributed by atoms with van der Waals surface area (Å²) in [4.78, 5) is 39.6. The van der Waals surface area contributed by atoms with E-state index in [4.69, 9.17) is 4.74 Å². The maximum absolute atomic E-state index is 14.6. The van der Waals surface area contributed by atoms with E-state index in [2.05, 4.69) is 35.2 Å². The van der Waals surface area contributed by atoms with Crippen LogP contribution in [0, 0.1) is 0 Å². The third-order valence-electron chi connectivity index (χ3n) is 6.69. The monoisotopic (exact) mass is 698 g/mol. The highest BCUT2D eigenvalue weighted by atomic mass is 127. The summed E-state index contributed by atoms with van der Waals surface area (Å²) < 4.78 is 56.3. The molecule has 216 valence electrons. The summed E-state index contributed by atoms with van der Waals surface area (Å²) in [7, 11) is -1.98. The maximum Gasteiger partial charge on any atom is 0.316 e. The fourth-order valence-corrected chi connectivity index (χ4v) is 5.30. The SMILES string of the molecule is CCS(=O)(=O)c1ccc(CNc2nc3cnc(-c4c(OC)ncnc4C4CC4)nc3n([C@H](C)C(F)(F)I)c2=O)nc1. The lowest BCUT2D eigenvalue weighted by atomic mass is 10.1. The predicted octanol–water partition coefficient (Wildman–Crippen LogP) is 3.92. The van der Waals surface area contributed by atoms with Gasteiger partial charge in [0, 0.05) is 34.7 Å². The second kappa shape index (κ2) is 11.1. The predicted molar refractivity (Wildman–Crippen MR) is 154 cm³/mol. The smallest absolute Gasteiger partial charge is 0.316 e. The van der Waals surface area contributed by atoms with Gasteiger partial charge in [-0.2, -0.15) is 8.78 Å². The highest BCUT2D eigenvalue weighted by Crippen LogP contribution is 2.45. The first kappa shape index (κ1) is 29.1. The van der Waals surface area contributed by atoms with Gasteiger partial charge in [-0.3, -0.25) is 14.3 Å². The van der Waals surface area contributed by atoms with Crippen molar-refractivity contribution in [2.75, 3.05) is 18.2 Å². The lowest BCUT2D eigenvalue weighted by molar-refractivity contribution is 0.0718. The minimum Gasteiger partial charge on any atom is -0.480 e. The van der Waals surface area contributed by atoms with Crippen LogP contribution in [0.15, 0.2) is 40.5 Å². The van der Waals surface area contributed by atoms with Gasteiger partial charge in [-0.05, 0) is 31.9 Å². The van der Waals surface area contributed by atoms with Crippen LogP contribution in [0.5, 0.6) is 5.88 Å². The van der Waals surface area contributed by atoms with Gasteiger partial charge in [-0.25, -0.2) is 33.3 Å². The van der Waals surface area contributed by atoms with E-state index >= 15 is 0 Å². The molecule has 1 atom stereocenters. The third-order valence-corrected chi connectivity index (χ3v) is 9.31. The quantitative estimate of drug-likeness (QED) is 0.189. The Kier molecular flexibility index (Phi) is 7.88. The molecule has 0 unspecified atom stereocenters. The van der Waals surface area contributed by atoms with Crippen LogP contribution in [0.3, 0.4) is 0 Å². The molecule has 1 fully saturated rings. The van der Waals surface area contributed by atoms with E-state index in [0.717, 1.165) is 40.0 Å². The number of sulfone groups is 1. The van der Waals surface area contributed by atoms with E-state index < -0.39 is 25.4 Å². The number of hydrogen-bond donors (Lipinski definition) is 1. The average Bonchev–Trinajstić information content (AvgIpc) is 3.80. The van der Waals surface area contributed by atoms with Gasteiger partial charge in [0.15, 0.2) is 27.1 Å². The van der Waals surface area contributed by atoms with E-state index in [1.165, 1.54) is 51.8 Å². The molecule has 5 rings (SSSR count). The van der Waals surface area contributed by atoms with Crippen LogP contribution >= 0.6 is 22.6 Å². The highest BCUT2D eigenvalue weighted by Gasteiger charge is 2.37. The fourth-order valence-electron chi connectivity index (χ4n) is 4.20. The molecule has 0 radical (unpaired) electrons. The van der Waals surface area contributed by atoms with E-state index in [9.17, 15) is 22.0 Å². The maximum atomic E-state index is 14.6. The van der Waals surface area contributed by atoms with Crippen molar-refractivity contribution >= 4 is 49.4 Å². The van der Waals surface area contributed by atoms with Crippen molar-refractivity contribution in [3.05, 3.63) is 52.6 Å². The number of alkyl halides is 3. The molecule has 0 spiro atoms. The Morgan fingerprint density at radius 2 is 1.93 bits per heavy atom. The van der Waals surface area contributed by atoms with Crippen molar-refractivity contribution in [3.8, 4) is 17.3 Å². The van der Waals surface area contributed by atoms with Crippen LogP contribution < -0.4 is 15.6 Å². The Bertz CT molecular complexity index is 1780. The molecule has 0 saturated heterocycles. The van der Waals surface area contributed by atoms with Crippen molar-refractivity contribution in [1.29, 1.82) is 0 Å². The molecule has 12 nitrogen and oxygen atoms in total. The average molecular weight is 698 g/mol. The Balaban J connectivity index is 1.58. The van der Waals surface area contributed by atoms with Gasteiger partial charge < -0.3 is 10.1 Å². The number of anilines is 1. The van der Waals surface area contributed by atoms with Gasteiger partial charge in [-0.15, -0.1) is 0 Å². The van der Waals surface area contributed by atoms with Gasteiger partial charge in [0.2, 0.25) is 5.88 Å². The number of aromatic nitrogens is 7. The van der Waals surface area contributed by atoms with Crippen LogP contribution in [0.1, 0.15) is 50.0 Å². The molecule has 0 aliphatic heterocycles. The number of nitrogens with zero attached hydrogens (tertiary/aromatic N) is 7. The Morgan fingerprint density at radius 1 is 1.17 bits per heavy atom. The number of nitrogens with one attached hydrogen (secondary N) is 1. The molecule has 4 aromatic heterocycles. The van der Waals surface area contributed by atoms with Gasteiger partial charge >= 0.3 is 3.93 Å². The summed E-state index contributed by atoms with van der Waals surface area (Å²) in [5.74, 6) is 0.257. The van der Waals surface area contributed by atoms with Crippen LogP contribution in [-0.4, -0.2) is 59.7 Å². The highest BCUT2D eigenvalue weighted by molar-refractivity contribution is 14.1. The summed E-state index contributed by atoms with van der Waals surface area (Å²) in [6.07, 6.45) is 5.81. The number of halogens is 3. The Morgan fingerprint density at radius 3 is 2.54 bits per heavy atom. The summed E-state index contributed by atoms with van der Waals surface area (Å²) in [5.41, 5.74) is 0.729. The van der Waals surface area contributed by atoms with Crippen molar-refractivity contribution in [2.24, 2.45) is 0 Å². The Labute approximate surface area is 247 Å². The molecular formula is C25H25F2IN8O4S. The molecule has 1 aliphatic rings. The zero-order valence-corrected chi connectivity index (χ0v) is 25.1. The molecule has 4 aromatic rings. The normalized spacial score (nSPS) is 14.7. The molecule has 16 heteroatoms. The van der Waals surface area contributed by atoms with E-state index in [-0.39, 0.29) is 51.8 Å². The summed E-state index contributed by atoms with van der Waals surface area (Å²) in [6.45, 7) is 2.73. The molecule has 41 heavy (non-hydrogen) atoms. The van der Waals surface area contributed by atoms with Crippen LogP contribution in [0.25, 0.3) is 22.6 Å². The topological polar surface area (TPSA) is 155 Å². The molecule has 0 bridgehead atoms. The standard InChI is InChI=1S/C25H25F2IN8O4S/c1-4-41(38,39)16-8-7-15(29-10-16)9-30-21-24(37)36(13(2)25(26,27)28)22-17(34-21)11-31-20(35-22)18-19(14-5-6-14)32-12-33-23(18)40-3/h7-8,10-14H,4-6,9H2,1-3H3,(H,30,34)/t13-/m1/s1. The van der Waals surface area contributed by atoms with Crippen molar-refractivity contribution in [3.63, 3.8) is 0 Å². The summed E-state index contributed by atoms with van der Waals surface area (Å²) >= 11 is 0.988. The number of methoxy groups -OCH3 is 1. The second-order valence-corrected chi connectivity index (χ2v) is 13.1. The zero-order chi connectivity index (χ0) is 29.5. The van der Waals surface area contributed by atoms with E-state index in [1.54, 1.807) is 0 Å². The lowest BCUT2D eigenvalue weighted by Crippen LogP contribution is -2.34. The van der Waals surface area contributed by atoms with Gasteiger partial charge in [0.05, 0.1) is 41.9 Å². The molecule has 1 aliphatic carbocycles. The minimum atomic E-state index is -3.42.